The topological polar surface area (TPSA) is 69.7 Å². The lowest BCUT2D eigenvalue weighted by atomic mass is 9.69. The first-order valence-electron chi connectivity index (χ1n) is 6.80. The Labute approximate surface area is 123 Å². The van der Waals surface area contributed by atoms with Gasteiger partial charge in [0, 0.05) is 18.8 Å². The third-order valence-corrected chi connectivity index (χ3v) is 3.97. The fraction of sp³-hybridized carbons (Fsp3) is 0.438. The quantitative estimate of drug-likeness (QED) is 0.793. The molecule has 0 heterocycles. The van der Waals surface area contributed by atoms with Gasteiger partial charge in [0.15, 0.2) is 0 Å². The van der Waals surface area contributed by atoms with Crippen LogP contribution in [0.25, 0.3) is 0 Å². The number of carbonyl (C=O) groups is 3. The number of benzene rings is 1. The molecule has 0 aliphatic heterocycles. The number of hydrogen-bond donors (Lipinski definition) is 0. The molecule has 1 aliphatic carbocycles. The Morgan fingerprint density at radius 2 is 1.62 bits per heavy atom. The zero-order valence-corrected chi connectivity index (χ0v) is 12.1. The van der Waals surface area contributed by atoms with Crippen molar-refractivity contribution in [1.29, 1.82) is 0 Å². The highest BCUT2D eigenvalue weighted by Gasteiger charge is 2.46. The molecule has 0 spiro atoms. The van der Waals surface area contributed by atoms with Gasteiger partial charge in [0.1, 0.15) is 5.78 Å². The van der Waals surface area contributed by atoms with Crippen LogP contribution in [0.2, 0.25) is 0 Å². The smallest absolute Gasteiger partial charge is 0.310 e. The average Bonchev–Trinajstić information content (AvgIpc) is 2.53. The fourth-order valence-electron chi connectivity index (χ4n) is 2.98. The van der Waals surface area contributed by atoms with Crippen LogP contribution in [0.1, 0.15) is 24.3 Å². The average molecular weight is 290 g/mol. The van der Waals surface area contributed by atoms with E-state index < -0.39 is 23.8 Å². The van der Waals surface area contributed by atoms with Gasteiger partial charge in [0.2, 0.25) is 0 Å². The van der Waals surface area contributed by atoms with E-state index in [9.17, 15) is 14.4 Å². The lowest BCUT2D eigenvalue weighted by Gasteiger charge is -2.34. The lowest BCUT2D eigenvalue weighted by molar-refractivity contribution is -0.162. The van der Waals surface area contributed by atoms with Gasteiger partial charge in [-0.15, -0.1) is 0 Å². The third-order valence-electron chi connectivity index (χ3n) is 3.97. The van der Waals surface area contributed by atoms with Crippen molar-refractivity contribution >= 4 is 17.7 Å². The molecular formula is C16H18O5. The molecular weight excluding hydrogens is 272 g/mol. The largest absolute Gasteiger partial charge is 0.469 e. The molecule has 0 N–H and O–H groups in total. The molecule has 1 aromatic rings. The molecule has 1 saturated carbocycles. The van der Waals surface area contributed by atoms with Crippen LogP contribution in [0, 0.1) is 11.8 Å². The second-order valence-corrected chi connectivity index (χ2v) is 5.14. The lowest BCUT2D eigenvalue weighted by Crippen LogP contribution is -2.41. The number of Topliss-reactive ketones (excluding diaryl/α,β-unsaturated/α-hetero) is 1. The van der Waals surface area contributed by atoms with E-state index in [4.69, 9.17) is 9.47 Å². The van der Waals surface area contributed by atoms with Gasteiger partial charge in [-0.1, -0.05) is 30.3 Å². The molecule has 3 atom stereocenters. The molecule has 0 aromatic heterocycles. The van der Waals surface area contributed by atoms with Crippen LogP contribution in [0.5, 0.6) is 0 Å². The molecule has 5 nitrogen and oxygen atoms in total. The van der Waals surface area contributed by atoms with E-state index in [1.165, 1.54) is 14.2 Å². The van der Waals surface area contributed by atoms with E-state index in [0.717, 1.165) is 5.56 Å². The molecule has 1 aromatic carbocycles. The van der Waals surface area contributed by atoms with Gasteiger partial charge in [-0.2, -0.15) is 0 Å². The normalized spacial score (nSPS) is 25.2. The Morgan fingerprint density at radius 3 is 2.19 bits per heavy atom. The number of carbonyl (C=O) groups excluding carboxylic acids is 3. The summed E-state index contributed by atoms with van der Waals surface area (Å²) in [6.07, 6.45) is 0.257. The molecule has 21 heavy (non-hydrogen) atoms. The number of ketones is 1. The molecule has 112 valence electrons. The van der Waals surface area contributed by atoms with Gasteiger partial charge in [-0.25, -0.2) is 0 Å². The molecule has 3 unspecified atom stereocenters. The number of rotatable bonds is 3. The summed E-state index contributed by atoms with van der Waals surface area (Å²) < 4.78 is 9.59. The standard InChI is InChI=1S/C16H18O5/c1-20-15(18)13-9-11(17)8-12(14(13)16(19)21-2)10-6-4-3-5-7-10/h3-7,12-14H,8-9H2,1-2H3. The summed E-state index contributed by atoms with van der Waals surface area (Å²) in [7, 11) is 2.54. The van der Waals surface area contributed by atoms with Crippen molar-refractivity contribution < 1.29 is 23.9 Å². The van der Waals surface area contributed by atoms with Crippen molar-refractivity contribution in [3.8, 4) is 0 Å². The Morgan fingerprint density at radius 1 is 1.00 bits per heavy atom. The van der Waals surface area contributed by atoms with Crippen molar-refractivity contribution in [2.24, 2.45) is 11.8 Å². The minimum Gasteiger partial charge on any atom is -0.469 e. The van der Waals surface area contributed by atoms with Crippen molar-refractivity contribution in [1.82, 2.24) is 0 Å². The summed E-state index contributed by atoms with van der Waals surface area (Å²) in [5.41, 5.74) is 0.856. The van der Waals surface area contributed by atoms with Crippen molar-refractivity contribution in [3.05, 3.63) is 35.9 Å². The highest BCUT2D eigenvalue weighted by molar-refractivity contribution is 5.92. The van der Waals surface area contributed by atoms with Crippen molar-refractivity contribution in [3.63, 3.8) is 0 Å². The van der Waals surface area contributed by atoms with Crippen molar-refractivity contribution in [2.45, 2.75) is 18.8 Å². The minimum atomic E-state index is -0.783. The van der Waals surface area contributed by atoms with Crippen LogP contribution in [-0.4, -0.2) is 31.9 Å². The van der Waals surface area contributed by atoms with Gasteiger partial charge >= 0.3 is 11.9 Å². The van der Waals surface area contributed by atoms with Crippen LogP contribution >= 0.6 is 0 Å². The number of ether oxygens (including phenoxy) is 2. The predicted octanol–water partition coefficient (Wildman–Crippen LogP) is 1.71. The number of esters is 2. The fourth-order valence-corrected chi connectivity index (χ4v) is 2.98. The van der Waals surface area contributed by atoms with Gasteiger partial charge in [-0.05, 0) is 5.56 Å². The Bertz CT molecular complexity index is 537. The van der Waals surface area contributed by atoms with E-state index in [2.05, 4.69) is 0 Å². The van der Waals surface area contributed by atoms with E-state index in [1.54, 1.807) is 0 Å². The van der Waals surface area contributed by atoms with E-state index >= 15 is 0 Å². The molecule has 1 fully saturated rings. The van der Waals surface area contributed by atoms with Crippen LogP contribution in [0.4, 0.5) is 0 Å². The predicted molar refractivity (Wildman–Crippen MR) is 74.4 cm³/mol. The maximum atomic E-state index is 12.1. The van der Waals surface area contributed by atoms with Crippen LogP contribution in [0.3, 0.4) is 0 Å². The summed E-state index contributed by atoms with van der Waals surface area (Å²) >= 11 is 0. The summed E-state index contributed by atoms with van der Waals surface area (Å²) in [4.78, 5) is 36.1. The van der Waals surface area contributed by atoms with E-state index in [0.29, 0.717) is 0 Å². The Hall–Kier alpha value is -2.17. The van der Waals surface area contributed by atoms with E-state index in [1.807, 2.05) is 30.3 Å². The summed E-state index contributed by atoms with van der Waals surface area (Å²) in [5.74, 6) is -2.90. The minimum absolute atomic E-state index is 0.0236. The highest BCUT2D eigenvalue weighted by atomic mass is 16.5. The molecule has 5 heteroatoms. The van der Waals surface area contributed by atoms with Crippen molar-refractivity contribution in [2.75, 3.05) is 14.2 Å². The Kier molecular flexibility index (Phi) is 4.73. The molecule has 0 saturated heterocycles. The number of methoxy groups -OCH3 is 2. The molecule has 0 radical (unpaired) electrons. The first-order valence-corrected chi connectivity index (χ1v) is 6.80. The third kappa shape index (κ3) is 3.12. The zero-order valence-electron chi connectivity index (χ0n) is 12.1. The van der Waals surface area contributed by atoms with Crippen LogP contribution in [-0.2, 0) is 23.9 Å². The summed E-state index contributed by atoms with van der Waals surface area (Å²) in [6.45, 7) is 0. The highest BCUT2D eigenvalue weighted by Crippen LogP contribution is 2.41. The SMILES string of the molecule is COC(=O)C1CC(=O)CC(c2ccccc2)C1C(=O)OC. The van der Waals surface area contributed by atoms with Gasteiger partial charge in [-0.3, -0.25) is 14.4 Å². The van der Waals surface area contributed by atoms with Gasteiger partial charge in [0.05, 0.1) is 26.1 Å². The molecule has 0 amide bonds. The summed E-state index contributed by atoms with van der Waals surface area (Å²) in [5, 5.41) is 0. The monoisotopic (exact) mass is 290 g/mol. The second kappa shape index (κ2) is 6.52. The second-order valence-electron chi connectivity index (χ2n) is 5.14. The van der Waals surface area contributed by atoms with Gasteiger partial charge in [0.25, 0.3) is 0 Å². The summed E-state index contributed by atoms with van der Waals surface area (Å²) in [6, 6.07) is 9.26. The van der Waals surface area contributed by atoms with Crippen LogP contribution < -0.4 is 0 Å². The first kappa shape index (κ1) is 15.2. The maximum absolute atomic E-state index is 12.1. The van der Waals surface area contributed by atoms with Gasteiger partial charge < -0.3 is 9.47 Å². The molecule has 2 rings (SSSR count). The maximum Gasteiger partial charge on any atom is 0.310 e. The zero-order chi connectivity index (χ0) is 15.4. The number of hydrogen-bond acceptors (Lipinski definition) is 5. The van der Waals surface area contributed by atoms with Crippen LogP contribution in [0.15, 0.2) is 30.3 Å². The van der Waals surface area contributed by atoms with E-state index in [-0.39, 0.29) is 24.5 Å². The molecule has 1 aliphatic rings. The first-order chi connectivity index (χ1) is 10.1. The molecule has 0 bridgehead atoms. The Balaban J connectivity index is 2.42.